The summed E-state index contributed by atoms with van der Waals surface area (Å²) in [6, 6.07) is 1.68. The van der Waals surface area contributed by atoms with Crippen molar-refractivity contribution in [2.45, 2.75) is 0 Å². The van der Waals surface area contributed by atoms with E-state index in [9.17, 15) is 4.39 Å². The van der Waals surface area contributed by atoms with Crippen molar-refractivity contribution < 1.29 is 4.39 Å². The van der Waals surface area contributed by atoms with Crippen LogP contribution in [0.5, 0.6) is 0 Å². The van der Waals surface area contributed by atoms with E-state index in [4.69, 9.17) is 11.6 Å². The second-order valence-corrected chi connectivity index (χ2v) is 2.95. The van der Waals surface area contributed by atoms with Gasteiger partial charge in [-0.2, -0.15) is 0 Å². The summed E-state index contributed by atoms with van der Waals surface area (Å²) < 4.78 is 15.0. The molecule has 0 fully saturated rings. The molecule has 2 nitrogen and oxygen atoms in total. The summed E-state index contributed by atoms with van der Waals surface area (Å²) in [6.07, 6.45) is 3.33. The lowest BCUT2D eigenvalue weighted by Crippen LogP contribution is -1.88. The minimum Gasteiger partial charge on any atom is -0.349 e. The van der Waals surface area contributed by atoms with Crippen LogP contribution in [0.3, 0.4) is 0 Å². The van der Waals surface area contributed by atoms with Crippen molar-refractivity contribution in [3.8, 4) is 0 Å². The third-order valence-electron chi connectivity index (χ3n) is 1.84. The first-order valence-corrected chi connectivity index (χ1v) is 3.83. The molecule has 2 heterocycles. The van der Waals surface area contributed by atoms with E-state index >= 15 is 0 Å². The first kappa shape index (κ1) is 7.55. The highest BCUT2D eigenvalue weighted by Gasteiger charge is 2.08. The first-order valence-electron chi connectivity index (χ1n) is 3.45. The van der Waals surface area contributed by atoms with Crippen LogP contribution in [0.4, 0.5) is 4.39 Å². The number of hydrogen-bond acceptors (Lipinski definition) is 1. The predicted molar refractivity (Wildman–Crippen MR) is 45.7 cm³/mol. The maximum absolute atomic E-state index is 13.2. The summed E-state index contributed by atoms with van der Waals surface area (Å²) in [5.74, 6) is -0.449. The monoisotopic (exact) mass is 184 g/mol. The molecule has 0 saturated heterocycles. The van der Waals surface area contributed by atoms with E-state index in [1.165, 1.54) is 0 Å². The summed E-state index contributed by atoms with van der Waals surface area (Å²) >= 11 is 5.50. The Balaban J connectivity index is 2.93. The summed E-state index contributed by atoms with van der Waals surface area (Å²) in [5, 5.41) is 0.436. The summed E-state index contributed by atoms with van der Waals surface area (Å²) in [6.45, 7) is 0. The van der Waals surface area contributed by atoms with Crippen molar-refractivity contribution in [2.75, 3.05) is 0 Å². The molecule has 12 heavy (non-hydrogen) atoms. The van der Waals surface area contributed by atoms with Gasteiger partial charge in [-0.05, 0) is 6.07 Å². The molecule has 0 amide bonds. The fourth-order valence-corrected chi connectivity index (χ4v) is 1.32. The number of aromatic nitrogens is 2. The Morgan fingerprint density at radius 1 is 1.58 bits per heavy atom. The van der Waals surface area contributed by atoms with Crippen LogP contribution in [0.15, 0.2) is 18.5 Å². The molecule has 62 valence electrons. The summed E-state index contributed by atoms with van der Waals surface area (Å²) in [7, 11) is 1.83. The van der Waals surface area contributed by atoms with Gasteiger partial charge in [0.25, 0.3) is 0 Å². The molecule has 0 spiro atoms. The maximum atomic E-state index is 13.2. The van der Waals surface area contributed by atoms with Crippen LogP contribution in [0.1, 0.15) is 0 Å². The molecule has 0 N–H and O–H groups in total. The summed E-state index contributed by atoms with van der Waals surface area (Å²) in [4.78, 5) is 3.71. The van der Waals surface area contributed by atoms with E-state index in [0.29, 0.717) is 5.39 Å². The van der Waals surface area contributed by atoms with Gasteiger partial charge in [-0.1, -0.05) is 11.6 Å². The number of nitrogens with zero attached hydrogens (tertiary/aromatic N) is 2. The highest BCUT2D eigenvalue weighted by molar-refractivity contribution is 6.30. The average molecular weight is 185 g/mol. The first-order chi connectivity index (χ1) is 5.70. The van der Waals surface area contributed by atoms with Crippen LogP contribution in [0, 0.1) is 5.82 Å². The number of fused-ring (bicyclic) bond motifs is 1. The zero-order valence-electron chi connectivity index (χ0n) is 6.38. The Kier molecular flexibility index (Phi) is 1.54. The molecule has 0 aliphatic heterocycles. The van der Waals surface area contributed by atoms with E-state index in [2.05, 4.69) is 4.98 Å². The smallest absolute Gasteiger partial charge is 0.169 e. The SMILES string of the molecule is Cn1ccc2c(F)c(Cl)ncc21. The zero-order valence-corrected chi connectivity index (χ0v) is 7.14. The Hall–Kier alpha value is -1.09. The predicted octanol–water partition coefficient (Wildman–Crippen LogP) is 2.37. The van der Waals surface area contributed by atoms with Crippen molar-refractivity contribution in [3.63, 3.8) is 0 Å². The Labute approximate surface area is 73.6 Å². The van der Waals surface area contributed by atoms with Gasteiger partial charge in [0.05, 0.1) is 11.7 Å². The molecule has 0 bridgehead atoms. The quantitative estimate of drug-likeness (QED) is 0.575. The highest BCUT2D eigenvalue weighted by atomic mass is 35.5. The third kappa shape index (κ3) is 0.898. The van der Waals surface area contributed by atoms with Crippen molar-refractivity contribution in [2.24, 2.45) is 7.05 Å². The second-order valence-electron chi connectivity index (χ2n) is 2.59. The minimum absolute atomic E-state index is 0.0753. The van der Waals surface area contributed by atoms with Crippen LogP contribution in [-0.4, -0.2) is 9.55 Å². The minimum atomic E-state index is -0.449. The van der Waals surface area contributed by atoms with Gasteiger partial charge in [-0.25, -0.2) is 9.37 Å². The molecule has 0 aromatic carbocycles. The van der Waals surface area contributed by atoms with Crippen LogP contribution in [-0.2, 0) is 7.05 Å². The van der Waals surface area contributed by atoms with Gasteiger partial charge in [-0.15, -0.1) is 0 Å². The topological polar surface area (TPSA) is 17.8 Å². The molecule has 0 unspecified atom stereocenters. The van der Waals surface area contributed by atoms with Crippen molar-refractivity contribution in [3.05, 3.63) is 29.4 Å². The van der Waals surface area contributed by atoms with Crippen molar-refractivity contribution in [1.29, 1.82) is 0 Å². The molecule has 0 aliphatic rings. The van der Waals surface area contributed by atoms with E-state index in [1.54, 1.807) is 23.0 Å². The van der Waals surface area contributed by atoms with E-state index < -0.39 is 5.82 Å². The van der Waals surface area contributed by atoms with Crippen LogP contribution >= 0.6 is 11.6 Å². The van der Waals surface area contributed by atoms with Gasteiger partial charge in [0.2, 0.25) is 0 Å². The van der Waals surface area contributed by atoms with E-state index in [-0.39, 0.29) is 5.15 Å². The van der Waals surface area contributed by atoms with Gasteiger partial charge in [0.1, 0.15) is 0 Å². The second kappa shape index (κ2) is 2.45. The number of halogens is 2. The van der Waals surface area contributed by atoms with Gasteiger partial charge < -0.3 is 4.57 Å². The molecule has 0 aliphatic carbocycles. The standard InChI is InChI=1S/C8H6ClFN2/c1-12-3-2-5-6(12)4-11-8(9)7(5)10/h2-4H,1H3. The number of hydrogen-bond donors (Lipinski definition) is 0. The highest BCUT2D eigenvalue weighted by Crippen LogP contribution is 2.22. The van der Waals surface area contributed by atoms with Gasteiger partial charge in [0, 0.05) is 18.6 Å². The van der Waals surface area contributed by atoms with Crippen LogP contribution in [0.25, 0.3) is 10.9 Å². The molecule has 0 saturated carbocycles. The third-order valence-corrected chi connectivity index (χ3v) is 2.10. The maximum Gasteiger partial charge on any atom is 0.169 e. The van der Waals surface area contributed by atoms with E-state index in [0.717, 1.165) is 5.52 Å². The fourth-order valence-electron chi connectivity index (χ4n) is 1.17. The number of pyridine rings is 1. The molecule has 2 aromatic rings. The number of rotatable bonds is 0. The molecule has 2 aromatic heterocycles. The van der Waals surface area contributed by atoms with Gasteiger partial charge in [-0.3, -0.25) is 0 Å². The molecule has 4 heteroatoms. The molecular formula is C8H6ClFN2. The van der Waals surface area contributed by atoms with Crippen LogP contribution < -0.4 is 0 Å². The largest absolute Gasteiger partial charge is 0.349 e. The average Bonchev–Trinajstić information content (AvgIpc) is 2.41. The molecule has 0 atom stereocenters. The Bertz CT molecular complexity index is 436. The van der Waals surface area contributed by atoms with Crippen molar-refractivity contribution >= 4 is 22.5 Å². The van der Waals surface area contributed by atoms with Gasteiger partial charge >= 0.3 is 0 Å². The Morgan fingerprint density at radius 3 is 3.08 bits per heavy atom. The molecular weight excluding hydrogens is 179 g/mol. The molecule has 0 radical (unpaired) electrons. The normalized spacial score (nSPS) is 10.9. The lowest BCUT2D eigenvalue weighted by atomic mass is 10.3. The molecule has 2 rings (SSSR count). The van der Waals surface area contributed by atoms with Gasteiger partial charge in [0.15, 0.2) is 11.0 Å². The van der Waals surface area contributed by atoms with E-state index in [1.807, 2.05) is 7.05 Å². The van der Waals surface area contributed by atoms with Crippen LogP contribution in [0.2, 0.25) is 5.15 Å². The Morgan fingerprint density at radius 2 is 2.33 bits per heavy atom. The summed E-state index contributed by atoms with van der Waals surface area (Å²) in [5.41, 5.74) is 0.747. The fraction of sp³-hybridized carbons (Fsp3) is 0.125. The lowest BCUT2D eigenvalue weighted by molar-refractivity contribution is 0.634. The lowest BCUT2D eigenvalue weighted by Gasteiger charge is -1.96. The van der Waals surface area contributed by atoms with Crippen molar-refractivity contribution in [1.82, 2.24) is 9.55 Å². The number of aryl methyl sites for hydroxylation is 1. The zero-order chi connectivity index (χ0) is 8.72.